The summed E-state index contributed by atoms with van der Waals surface area (Å²) < 4.78 is 0. The fourth-order valence-corrected chi connectivity index (χ4v) is 2.81. The number of hydrogen-bond donors (Lipinski definition) is 1. The van der Waals surface area contributed by atoms with E-state index in [-0.39, 0.29) is 5.91 Å². The molecule has 19 heavy (non-hydrogen) atoms. The molecule has 1 aliphatic rings. The van der Waals surface area contributed by atoms with Gasteiger partial charge in [-0.2, -0.15) is 0 Å². The number of likely N-dealkylation sites (tertiary alicyclic amines) is 1. The molecule has 0 spiro atoms. The second kappa shape index (κ2) is 6.20. The van der Waals surface area contributed by atoms with Crippen LogP contribution >= 0.6 is 0 Å². The van der Waals surface area contributed by atoms with Gasteiger partial charge in [0.1, 0.15) is 0 Å². The molecular weight excluding hydrogens is 236 g/mol. The number of hydrogen-bond acceptors (Lipinski definition) is 2. The molecule has 1 heterocycles. The molecule has 0 aromatic heterocycles. The average Bonchev–Trinajstić information content (AvgIpc) is 2.42. The molecule has 2 N–H and O–H groups in total. The highest BCUT2D eigenvalue weighted by atomic mass is 16.2. The molecule has 1 aromatic carbocycles. The van der Waals surface area contributed by atoms with Gasteiger partial charge >= 0.3 is 0 Å². The van der Waals surface area contributed by atoms with E-state index in [1.165, 1.54) is 6.42 Å². The van der Waals surface area contributed by atoms with Crippen LogP contribution in [0.4, 0.5) is 0 Å². The summed E-state index contributed by atoms with van der Waals surface area (Å²) in [6, 6.07) is 9.88. The molecule has 2 rings (SSSR count). The van der Waals surface area contributed by atoms with E-state index in [0.29, 0.717) is 18.4 Å². The van der Waals surface area contributed by atoms with Crippen LogP contribution in [0.1, 0.15) is 32.3 Å². The van der Waals surface area contributed by atoms with Crippen molar-refractivity contribution in [1.29, 1.82) is 0 Å². The SMILES string of the molecule is CC1CCCN(C(=O)[C@H](N)Cc2ccccc2)C1C. The monoisotopic (exact) mass is 260 g/mol. The van der Waals surface area contributed by atoms with Gasteiger partial charge in [0.15, 0.2) is 0 Å². The maximum absolute atomic E-state index is 12.5. The second-order valence-corrected chi connectivity index (χ2v) is 5.69. The number of rotatable bonds is 3. The standard InChI is InChI=1S/C16H24N2O/c1-12-7-6-10-18(13(12)2)16(19)15(17)11-14-8-4-3-5-9-14/h3-5,8-9,12-13,15H,6-7,10-11,17H2,1-2H3/t12?,13?,15-/m1/s1. The summed E-state index contributed by atoms with van der Waals surface area (Å²) in [6.07, 6.45) is 2.92. The Morgan fingerprint density at radius 2 is 2.05 bits per heavy atom. The van der Waals surface area contributed by atoms with Crippen LogP contribution in [-0.4, -0.2) is 29.4 Å². The minimum Gasteiger partial charge on any atom is -0.338 e. The third kappa shape index (κ3) is 3.35. The Morgan fingerprint density at radius 1 is 1.37 bits per heavy atom. The van der Waals surface area contributed by atoms with E-state index in [4.69, 9.17) is 5.73 Å². The molecule has 3 nitrogen and oxygen atoms in total. The quantitative estimate of drug-likeness (QED) is 0.905. The molecule has 1 aromatic rings. The van der Waals surface area contributed by atoms with Crippen molar-refractivity contribution in [2.45, 2.75) is 45.2 Å². The lowest BCUT2D eigenvalue weighted by molar-refractivity contribution is -0.137. The molecule has 0 radical (unpaired) electrons. The molecule has 0 bridgehead atoms. The molecule has 0 saturated carbocycles. The van der Waals surface area contributed by atoms with Gasteiger partial charge in [-0.15, -0.1) is 0 Å². The van der Waals surface area contributed by atoms with Crippen molar-refractivity contribution >= 4 is 5.91 Å². The average molecular weight is 260 g/mol. The van der Waals surface area contributed by atoms with Crippen molar-refractivity contribution in [3.63, 3.8) is 0 Å². The highest BCUT2D eigenvalue weighted by molar-refractivity contribution is 5.82. The first-order valence-electron chi connectivity index (χ1n) is 7.19. The molecular formula is C16H24N2O. The van der Waals surface area contributed by atoms with Gasteiger partial charge in [0.05, 0.1) is 6.04 Å². The minimum absolute atomic E-state index is 0.0999. The Balaban J connectivity index is 1.99. The van der Waals surface area contributed by atoms with Gasteiger partial charge in [-0.25, -0.2) is 0 Å². The largest absolute Gasteiger partial charge is 0.338 e. The molecule has 3 heteroatoms. The maximum Gasteiger partial charge on any atom is 0.240 e. The number of benzene rings is 1. The Labute approximate surface area is 115 Å². The Bertz CT molecular complexity index is 418. The molecule has 1 aliphatic heterocycles. The minimum atomic E-state index is -0.421. The van der Waals surface area contributed by atoms with Crippen molar-refractivity contribution in [3.8, 4) is 0 Å². The smallest absolute Gasteiger partial charge is 0.240 e. The van der Waals surface area contributed by atoms with Gasteiger partial charge < -0.3 is 10.6 Å². The van der Waals surface area contributed by atoms with Gasteiger partial charge in [0.25, 0.3) is 0 Å². The van der Waals surface area contributed by atoms with Crippen molar-refractivity contribution in [2.75, 3.05) is 6.54 Å². The zero-order valence-electron chi connectivity index (χ0n) is 11.9. The predicted molar refractivity (Wildman–Crippen MR) is 77.7 cm³/mol. The lowest BCUT2D eigenvalue weighted by Gasteiger charge is -2.39. The maximum atomic E-state index is 12.5. The number of amides is 1. The van der Waals surface area contributed by atoms with Crippen LogP contribution in [0.3, 0.4) is 0 Å². The highest BCUT2D eigenvalue weighted by Gasteiger charge is 2.30. The molecule has 1 amide bonds. The van der Waals surface area contributed by atoms with E-state index in [2.05, 4.69) is 13.8 Å². The third-order valence-corrected chi connectivity index (χ3v) is 4.27. The van der Waals surface area contributed by atoms with Gasteiger partial charge in [-0.3, -0.25) is 4.79 Å². The van der Waals surface area contributed by atoms with Crippen molar-refractivity contribution in [2.24, 2.45) is 11.7 Å². The molecule has 3 atom stereocenters. The van der Waals surface area contributed by atoms with Crippen LogP contribution < -0.4 is 5.73 Å². The number of carbonyl (C=O) groups excluding carboxylic acids is 1. The van der Waals surface area contributed by atoms with E-state index < -0.39 is 6.04 Å². The summed E-state index contributed by atoms with van der Waals surface area (Å²) >= 11 is 0. The summed E-state index contributed by atoms with van der Waals surface area (Å²) in [5, 5.41) is 0. The van der Waals surface area contributed by atoms with E-state index in [1.54, 1.807) is 0 Å². The van der Waals surface area contributed by atoms with Gasteiger partial charge in [-0.1, -0.05) is 37.3 Å². The zero-order valence-corrected chi connectivity index (χ0v) is 11.9. The Morgan fingerprint density at radius 3 is 2.74 bits per heavy atom. The highest BCUT2D eigenvalue weighted by Crippen LogP contribution is 2.23. The van der Waals surface area contributed by atoms with Gasteiger partial charge in [-0.05, 0) is 37.7 Å². The van der Waals surface area contributed by atoms with Gasteiger partial charge in [0, 0.05) is 12.6 Å². The summed E-state index contributed by atoms with van der Waals surface area (Å²) in [4.78, 5) is 14.4. The van der Waals surface area contributed by atoms with Crippen molar-refractivity contribution in [3.05, 3.63) is 35.9 Å². The van der Waals surface area contributed by atoms with Crippen molar-refractivity contribution in [1.82, 2.24) is 4.90 Å². The van der Waals surface area contributed by atoms with E-state index in [1.807, 2.05) is 35.2 Å². The Hall–Kier alpha value is -1.35. The van der Waals surface area contributed by atoms with Crippen LogP contribution in [0.5, 0.6) is 0 Å². The van der Waals surface area contributed by atoms with Crippen LogP contribution in [0, 0.1) is 5.92 Å². The second-order valence-electron chi connectivity index (χ2n) is 5.69. The number of carbonyl (C=O) groups is 1. The number of piperidine rings is 1. The molecule has 1 saturated heterocycles. The first kappa shape index (κ1) is 14.1. The normalized spacial score (nSPS) is 25.1. The molecule has 1 fully saturated rings. The van der Waals surface area contributed by atoms with E-state index in [0.717, 1.165) is 18.5 Å². The summed E-state index contributed by atoms with van der Waals surface area (Å²) in [5.74, 6) is 0.671. The summed E-state index contributed by atoms with van der Waals surface area (Å²) in [7, 11) is 0. The molecule has 104 valence electrons. The summed E-state index contributed by atoms with van der Waals surface area (Å²) in [5.41, 5.74) is 7.22. The first-order chi connectivity index (χ1) is 9.09. The predicted octanol–water partition coefficient (Wildman–Crippen LogP) is 2.20. The molecule has 2 unspecified atom stereocenters. The van der Waals surface area contributed by atoms with E-state index in [9.17, 15) is 4.79 Å². The lowest BCUT2D eigenvalue weighted by Crippen LogP contribution is -2.52. The third-order valence-electron chi connectivity index (χ3n) is 4.27. The van der Waals surface area contributed by atoms with Crippen LogP contribution in [-0.2, 0) is 11.2 Å². The number of nitrogens with two attached hydrogens (primary N) is 1. The molecule has 0 aliphatic carbocycles. The fraction of sp³-hybridized carbons (Fsp3) is 0.562. The van der Waals surface area contributed by atoms with Crippen LogP contribution in [0.2, 0.25) is 0 Å². The fourth-order valence-electron chi connectivity index (χ4n) is 2.81. The topological polar surface area (TPSA) is 46.3 Å². The Kier molecular flexibility index (Phi) is 4.59. The van der Waals surface area contributed by atoms with Crippen molar-refractivity contribution < 1.29 is 4.79 Å². The lowest BCUT2D eigenvalue weighted by atomic mass is 9.91. The van der Waals surface area contributed by atoms with Gasteiger partial charge in [0.2, 0.25) is 5.91 Å². The number of nitrogens with zero attached hydrogens (tertiary/aromatic N) is 1. The summed E-state index contributed by atoms with van der Waals surface area (Å²) in [6.45, 7) is 5.20. The van der Waals surface area contributed by atoms with Crippen LogP contribution in [0.25, 0.3) is 0 Å². The van der Waals surface area contributed by atoms with Crippen LogP contribution in [0.15, 0.2) is 30.3 Å². The van der Waals surface area contributed by atoms with E-state index >= 15 is 0 Å². The zero-order chi connectivity index (χ0) is 13.8. The first-order valence-corrected chi connectivity index (χ1v) is 7.19.